The third-order valence-electron chi connectivity index (χ3n) is 7.77. The van der Waals surface area contributed by atoms with Crippen molar-refractivity contribution in [2.75, 3.05) is 0 Å². The molecule has 0 radical (unpaired) electrons. The Morgan fingerprint density at radius 3 is 2.26 bits per heavy atom. The molecule has 2 aromatic rings. The summed E-state index contributed by atoms with van der Waals surface area (Å²) in [6, 6.07) is 20.6. The van der Waals surface area contributed by atoms with Crippen LogP contribution in [-0.2, 0) is 10.7 Å². The van der Waals surface area contributed by atoms with E-state index in [1.807, 2.05) is 36.4 Å². The molecule has 3 saturated carbocycles. The lowest BCUT2D eigenvalue weighted by Gasteiger charge is -2.62. The van der Waals surface area contributed by atoms with E-state index >= 15 is 0 Å². The van der Waals surface area contributed by atoms with Gasteiger partial charge in [0.15, 0.2) is 0 Å². The molecule has 2 bridgehead atoms. The lowest BCUT2D eigenvalue weighted by molar-refractivity contribution is -0.0903. The first-order valence-corrected chi connectivity index (χ1v) is 12.1. The summed E-state index contributed by atoms with van der Waals surface area (Å²) >= 11 is 0. The zero-order valence-electron chi connectivity index (χ0n) is 16.1. The normalized spacial score (nSPS) is 36.2. The minimum atomic E-state index is -2.62. The Morgan fingerprint density at radius 2 is 1.63 bits per heavy atom. The van der Waals surface area contributed by atoms with Crippen molar-refractivity contribution in [2.45, 2.75) is 38.5 Å². The molecule has 6 rings (SSSR count). The Hall–Kier alpha value is -1.79. The van der Waals surface area contributed by atoms with Gasteiger partial charge in [0.25, 0.3) is 0 Å². The third-order valence-corrected chi connectivity index (χ3v) is 11.5. The molecule has 3 heteroatoms. The molecule has 0 aromatic heterocycles. The Labute approximate surface area is 162 Å². The fourth-order valence-corrected chi connectivity index (χ4v) is 10.3. The lowest BCUT2D eigenvalue weighted by Crippen LogP contribution is -2.57. The van der Waals surface area contributed by atoms with Crippen LogP contribution in [-0.4, -0.2) is 5.66 Å². The predicted octanol–water partition coefficient (Wildman–Crippen LogP) is 5.94. The monoisotopic (exact) mass is 377 g/mol. The van der Waals surface area contributed by atoms with Gasteiger partial charge in [-0.2, -0.15) is 0 Å². The molecule has 3 fully saturated rings. The molecule has 0 unspecified atom stereocenters. The molecule has 3 aliphatic carbocycles. The summed E-state index contributed by atoms with van der Waals surface area (Å²) in [5.41, 5.74) is 10.6. The number of benzene rings is 2. The van der Waals surface area contributed by atoms with E-state index in [1.54, 1.807) is 0 Å². The smallest absolute Gasteiger partial charge is 0.125 e. The summed E-state index contributed by atoms with van der Waals surface area (Å²) in [5, 5.41) is 0.991. The van der Waals surface area contributed by atoms with E-state index in [0.29, 0.717) is 23.4 Å². The zero-order valence-corrected chi connectivity index (χ0v) is 17.0. The number of rotatable bonds is 3. The minimum Gasteiger partial charge on any atom is -0.401 e. The molecule has 2 N–H and O–H groups in total. The highest BCUT2D eigenvalue weighted by atomic mass is 31.2. The zero-order chi connectivity index (χ0) is 18.8. The number of hydrogen-bond acceptors (Lipinski definition) is 2. The maximum absolute atomic E-state index is 14.7. The summed E-state index contributed by atoms with van der Waals surface area (Å²) in [4.78, 5) is 0. The van der Waals surface area contributed by atoms with E-state index < -0.39 is 7.14 Å². The summed E-state index contributed by atoms with van der Waals surface area (Å²) in [5.74, 6) is 1.55. The second kappa shape index (κ2) is 5.85. The van der Waals surface area contributed by atoms with Crippen molar-refractivity contribution >= 4 is 12.5 Å². The average Bonchev–Trinajstić information content (AvgIpc) is 2.90. The van der Waals surface area contributed by atoms with Crippen LogP contribution in [0.25, 0.3) is 5.31 Å². The SMILES string of the molecule is CC1(C)[C@H]2C[C@@H]1[C@H]1C(N)=C(c3ccccc3)[P@@](=O)(Cc3ccccc3)[C@@H]1C2. The second-order valence-electron chi connectivity index (χ2n) is 9.30. The molecule has 1 heterocycles. The first kappa shape index (κ1) is 17.3. The third kappa shape index (κ3) is 2.36. The molecule has 140 valence electrons. The fraction of sp³-hybridized carbons (Fsp3) is 0.417. The van der Waals surface area contributed by atoms with Gasteiger partial charge >= 0.3 is 0 Å². The summed E-state index contributed by atoms with van der Waals surface area (Å²) < 4.78 is 14.7. The average molecular weight is 377 g/mol. The van der Waals surface area contributed by atoms with Crippen LogP contribution < -0.4 is 5.73 Å². The van der Waals surface area contributed by atoms with E-state index in [9.17, 15) is 4.57 Å². The Balaban J connectivity index is 1.65. The summed E-state index contributed by atoms with van der Waals surface area (Å²) in [7, 11) is -2.62. The van der Waals surface area contributed by atoms with Gasteiger partial charge in [0, 0.05) is 28.8 Å². The number of hydrogen-bond donors (Lipinski definition) is 1. The van der Waals surface area contributed by atoms with Gasteiger partial charge in [0.2, 0.25) is 0 Å². The van der Waals surface area contributed by atoms with Crippen molar-refractivity contribution < 1.29 is 4.57 Å². The second-order valence-corrected chi connectivity index (χ2v) is 12.3. The molecule has 5 atom stereocenters. The van der Waals surface area contributed by atoms with E-state index in [4.69, 9.17) is 5.73 Å². The lowest BCUT2D eigenvalue weighted by atomic mass is 9.45. The first-order valence-electron chi connectivity index (χ1n) is 10.1. The quantitative estimate of drug-likeness (QED) is 0.673. The molecule has 0 spiro atoms. The Kier molecular flexibility index (Phi) is 3.75. The molecule has 4 aliphatic rings. The van der Waals surface area contributed by atoms with Gasteiger partial charge in [-0.3, -0.25) is 0 Å². The van der Waals surface area contributed by atoms with Crippen LogP contribution in [0.5, 0.6) is 0 Å². The maximum atomic E-state index is 14.7. The number of allylic oxidation sites excluding steroid dienone is 1. The van der Waals surface area contributed by atoms with Crippen LogP contribution in [0.1, 0.15) is 37.8 Å². The van der Waals surface area contributed by atoms with Crippen molar-refractivity contribution in [3.05, 3.63) is 77.5 Å². The van der Waals surface area contributed by atoms with Gasteiger partial charge < -0.3 is 10.3 Å². The van der Waals surface area contributed by atoms with E-state index in [2.05, 4.69) is 38.1 Å². The number of nitrogens with two attached hydrogens (primary N) is 1. The molecular weight excluding hydrogens is 349 g/mol. The molecular formula is C24H28NOP. The van der Waals surface area contributed by atoms with Gasteiger partial charge in [-0.25, -0.2) is 0 Å². The molecule has 1 aliphatic heterocycles. The minimum absolute atomic E-state index is 0.227. The Morgan fingerprint density at radius 1 is 1.00 bits per heavy atom. The van der Waals surface area contributed by atoms with Crippen LogP contribution in [0.4, 0.5) is 0 Å². The highest BCUT2D eigenvalue weighted by Gasteiger charge is 2.65. The first-order chi connectivity index (χ1) is 12.9. The van der Waals surface area contributed by atoms with Crippen LogP contribution >= 0.6 is 7.14 Å². The van der Waals surface area contributed by atoms with Crippen molar-refractivity contribution in [3.8, 4) is 0 Å². The maximum Gasteiger partial charge on any atom is 0.125 e. The topological polar surface area (TPSA) is 43.1 Å². The van der Waals surface area contributed by atoms with Crippen molar-refractivity contribution in [2.24, 2.45) is 28.9 Å². The van der Waals surface area contributed by atoms with Crippen molar-refractivity contribution in [1.29, 1.82) is 0 Å². The van der Waals surface area contributed by atoms with E-state index in [0.717, 1.165) is 23.0 Å². The van der Waals surface area contributed by atoms with Crippen LogP contribution in [0.2, 0.25) is 0 Å². The van der Waals surface area contributed by atoms with Crippen LogP contribution in [0, 0.1) is 23.2 Å². The molecule has 0 saturated heterocycles. The van der Waals surface area contributed by atoms with Gasteiger partial charge in [0.05, 0.1) is 0 Å². The van der Waals surface area contributed by atoms with Gasteiger partial charge in [-0.1, -0.05) is 74.5 Å². The molecule has 0 amide bonds. The fourth-order valence-electron chi connectivity index (χ4n) is 6.20. The Bertz CT molecular complexity index is 947. The highest BCUT2D eigenvalue weighted by molar-refractivity contribution is 7.74. The molecule has 27 heavy (non-hydrogen) atoms. The largest absolute Gasteiger partial charge is 0.401 e. The van der Waals surface area contributed by atoms with E-state index in [-0.39, 0.29) is 11.6 Å². The van der Waals surface area contributed by atoms with Gasteiger partial charge in [-0.05, 0) is 41.2 Å². The molecule has 2 nitrogen and oxygen atoms in total. The summed E-state index contributed by atoms with van der Waals surface area (Å²) in [6.07, 6.45) is 2.96. The van der Waals surface area contributed by atoms with Crippen molar-refractivity contribution in [1.82, 2.24) is 0 Å². The van der Waals surface area contributed by atoms with Gasteiger partial charge in [-0.15, -0.1) is 0 Å². The van der Waals surface area contributed by atoms with Crippen LogP contribution in [0.3, 0.4) is 0 Å². The summed E-state index contributed by atoms with van der Waals surface area (Å²) in [6.45, 7) is 4.77. The van der Waals surface area contributed by atoms with Gasteiger partial charge in [0.1, 0.15) is 7.14 Å². The van der Waals surface area contributed by atoms with E-state index in [1.165, 1.54) is 12.0 Å². The standard InChI is InChI=1S/C24H28NOP/c1-24(2)18-13-19(24)21-20(14-18)27(26,15-16-9-5-3-6-10-16)23(22(21)25)17-11-7-4-8-12-17/h3-12,18-21H,13-15,25H2,1-2H3/t18-,19+,20+,21+,27+/m0/s1. The highest BCUT2D eigenvalue weighted by Crippen LogP contribution is 2.79. The van der Waals surface area contributed by atoms with Crippen molar-refractivity contribution in [3.63, 3.8) is 0 Å². The van der Waals surface area contributed by atoms with Crippen LogP contribution in [0.15, 0.2) is 66.4 Å². The predicted molar refractivity (Wildman–Crippen MR) is 113 cm³/mol. The molecule has 2 aromatic carbocycles.